The molecule has 0 heterocycles. The molecule has 8 heteroatoms. The largest absolute Gasteiger partial charge is 0.480 e. The number of nitrogens with zero attached hydrogens (tertiary/aromatic N) is 2. The molecule has 145 valence electrons. The number of carbonyl (C=O) groups excluding carboxylic acids is 1. The molecule has 0 saturated carbocycles. The first kappa shape index (κ1) is 21.3. The van der Waals surface area contributed by atoms with Crippen molar-refractivity contribution in [1.29, 1.82) is 5.26 Å². The summed E-state index contributed by atoms with van der Waals surface area (Å²) in [6.45, 7) is 4.50. The molecule has 1 amide bonds. The molecule has 0 saturated heterocycles. The Hall–Kier alpha value is -3.02. The molecule has 0 atom stereocenters. The quantitative estimate of drug-likeness (QED) is 0.636. The Morgan fingerprint density at radius 3 is 2.54 bits per heavy atom. The topological polar surface area (TPSA) is 103 Å². The maximum absolute atomic E-state index is 12.2. The highest BCUT2D eigenvalue weighted by molar-refractivity contribution is 6.46. The fourth-order valence-corrected chi connectivity index (χ4v) is 2.62. The zero-order chi connectivity index (χ0) is 20.5. The van der Waals surface area contributed by atoms with Gasteiger partial charge >= 0.3 is 7.48 Å². The van der Waals surface area contributed by atoms with E-state index in [2.05, 4.69) is 0 Å². The summed E-state index contributed by atoms with van der Waals surface area (Å²) in [6.07, 6.45) is 0. The van der Waals surface area contributed by atoms with E-state index in [1.165, 1.54) is 6.07 Å². The Labute approximate surface area is 165 Å². The van der Waals surface area contributed by atoms with Crippen molar-refractivity contribution < 1.29 is 24.4 Å². The van der Waals surface area contributed by atoms with E-state index in [1.54, 1.807) is 35.2 Å². The molecule has 7 nitrogen and oxygen atoms in total. The van der Waals surface area contributed by atoms with Crippen molar-refractivity contribution in [3.63, 3.8) is 0 Å². The van der Waals surface area contributed by atoms with Crippen LogP contribution in [0, 0.1) is 11.3 Å². The number of hydrogen-bond acceptors (Lipinski definition) is 6. The average Bonchev–Trinajstić information content (AvgIpc) is 2.73. The Morgan fingerprint density at radius 2 is 1.93 bits per heavy atom. The van der Waals surface area contributed by atoms with E-state index in [4.69, 9.17) is 14.7 Å². The average molecular weight is 381 g/mol. The summed E-state index contributed by atoms with van der Waals surface area (Å²) in [5, 5.41) is 27.7. The summed E-state index contributed by atoms with van der Waals surface area (Å²) in [6, 6.07) is 11.5. The number of aliphatic hydroxyl groups excluding tert-OH is 1. The molecule has 0 bridgehead atoms. The molecule has 2 aromatic rings. The van der Waals surface area contributed by atoms with Gasteiger partial charge in [0.25, 0.3) is 5.91 Å². The molecular weight excluding hydrogens is 359 g/mol. The minimum Gasteiger partial charge on any atom is -0.480 e. The zero-order valence-corrected chi connectivity index (χ0v) is 15.9. The van der Waals surface area contributed by atoms with E-state index in [1.807, 2.05) is 19.9 Å². The van der Waals surface area contributed by atoms with Crippen LogP contribution in [0.3, 0.4) is 0 Å². The van der Waals surface area contributed by atoms with Gasteiger partial charge in [0, 0.05) is 19.2 Å². The molecule has 2 aromatic carbocycles. The standard InChI is InChI=1S/C20H22BN2O5/c1-3-23(4-2)20(25)13-27-19-9-14(11-22)5-8-18(19)28-16-6-7-17(21-26)15(10-16)12-24/h5-10,24,26H,3-4,12-13H2,1-2H3. The summed E-state index contributed by atoms with van der Waals surface area (Å²) in [5.74, 6) is 0.849. The Morgan fingerprint density at radius 1 is 1.18 bits per heavy atom. The minimum atomic E-state index is -0.265. The Kier molecular flexibility index (Phi) is 7.87. The molecule has 0 aromatic heterocycles. The molecule has 0 aliphatic carbocycles. The fraction of sp³-hybridized carbons (Fsp3) is 0.300. The van der Waals surface area contributed by atoms with Gasteiger partial charge in [-0.1, -0.05) is 6.07 Å². The number of aliphatic hydroxyl groups is 1. The van der Waals surface area contributed by atoms with Gasteiger partial charge in [-0.15, -0.1) is 0 Å². The van der Waals surface area contributed by atoms with Crippen LogP contribution >= 0.6 is 0 Å². The highest BCUT2D eigenvalue weighted by Crippen LogP contribution is 2.32. The van der Waals surface area contributed by atoms with Crippen LogP contribution in [-0.4, -0.2) is 48.1 Å². The maximum atomic E-state index is 12.2. The van der Waals surface area contributed by atoms with Crippen LogP contribution in [0.15, 0.2) is 36.4 Å². The number of carbonyl (C=O) groups is 1. The summed E-state index contributed by atoms with van der Waals surface area (Å²) < 4.78 is 11.5. The van der Waals surface area contributed by atoms with Crippen molar-refractivity contribution in [1.82, 2.24) is 4.90 Å². The zero-order valence-electron chi connectivity index (χ0n) is 15.9. The maximum Gasteiger partial charge on any atom is 0.327 e. The lowest BCUT2D eigenvalue weighted by Gasteiger charge is -2.19. The minimum absolute atomic E-state index is 0.163. The summed E-state index contributed by atoms with van der Waals surface area (Å²) in [4.78, 5) is 13.8. The van der Waals surface area contributed by atoms with Crippen LogP contribution in [0.25, 0.3) is 0 Å². The van der Waals surface area contributed by atoms with E-state index in [9.17, 15) is 14.9 Å². The van der Waals surface area contributed by atoms with Gasteiger partial charge in [-0.2, -0.15) is 5.26 Å². The van der Waals surface area contributed by atoms with E-state index in [-0.39, 0.29) is 24.9 Å². The molecule has 28 heavy (non-hydrogen) atoms. The molecule has 0 aliphatic heterocycles. The van der Waals surface area contributed by atoms with Crippen molar-refractivity contribution in [2.75, 3.05) is 19.7 Å². The van der Waals surface area contributed by atoms with Gasteiger partial charge in [0.1, 0.15) is 5.75 Å². The van der Waals surface area contributed by atoms with Crippen LogP contribution in [0.1, 0.15) is 25.0 Å². The van der Waals surface area contributed by atoms with Gasteiger partial charge in [-0.3, -0.25) is 4.79 Å². The molecule has 2 N–H and O–H groups in total. The molecular formula is C20H22BN2O5. The number of amides is 1. The van der Waals surface area contributed by atoms with Gasteiger partial charge in [0.2, 0.25) is 0 Å². The lowest BCUT2D eigenvalue weighted by Crippen LogP contribution is -2.34. The summed E-state index contributed by atoms with van der Waals surface area (Å²) in [5.41, 5.74) is 1.35. The summed E-state index contributed by atoms with van der Waals surface area (Å²) >= 11 is 0. The second-order valence-corrected chi connectivity index (χ2v) is 5.88. The first-order valence-corrected chi connectivity index (χ1v) is 8.90. The van der Waals surface area contributed by atoms with Gasteiger partial charge in [-0.25, -0.2) is 0 Å². The molecule has 2 rings (SSSR count). The predicted molar refractivity (Wildman–Crippen MR) is 105 cm³/mol. The predicted octanol–water partition coefficient (Wildman–Crippen LogP) is 1.33. The number of nitriles is 1. The third kappa shape index (κ3) is 5.25. The van der Waals surface area contributed by atoms with Crippen LogP contribution in [0.4, 0.5) is 0 Å². The molecule has 0 aliphatic rings. The third-order valence-corrected chi connectivity index (χ3v) is 4.19. The van der Waals surface area contributed by atoms with E-state index in [0.717, 1.165) is 7.48 Å². The highest BCUT2D eigenvalue weighted by atomic mass is 16.5. The van der Waals surface area contributed by atoms with E-state index < -0.39 is 0 Å². The molecule has 1 radical (unpaired) electrons. The van der Waals surface area contributed by atoms with Crippen LogP contribution in [-0.2, 0) is 11.4 Å². The van der Waals surface area contributed by atoms with Gasteiger partial charge in [0.15, 0.2) is 18.1 Å². The molecule has 0 unspecified atom stereocenters. The highest BCUT2D eigenvalue weighted by Gasteiger charge is 2.14. The smallest absolute Gasteiger partial charge is 0.327 e. The number of likely N-dealkylation sites (N-methyl/N-ethyl adjacent to an activating group) is 1. The Balaban J connectivity index is 2.25. The van der Waals surface area contributed by atoms with Crippen LogP contribution in [0.2, 0.25) is 0 Å². The second-order valence-electron chi connectivity index (χ2n) is 5.88. The van der Waals surface area contributed by atoms with E-state index in [0.29, 0.717) is 41.2 Å². The molecule has 0 spiro atoms. The van der Waals surface area contributed by atoms with Crippen molar-refractivity contribution >= 4 is 18.9 Å². The van der Waals surface area contributed by atoms with Gasteiger partial charge in [0.05, 0.1) is 18.2 Å². The monoisotopic (exact) mass is 381 g/mol. The number of ether oxygens (including phenoxy) is 2. The lowest BCUT2D eigenvalue weighted by molar-refractivity contribution is -0.132. The van der Waals surface area contributed by atoms with Crippen molar-refractivity contribution in [2.24, 2.45) is 0 Å². The van der Waals surface area contributed by atoms with E-state index >= 15 is 0 Å². The normalized spacial score (nSPS) is 10.1. The first-order chi connectivity index (χ1) is 13.6. The summed E-state index contributed by atoms with van der Waals surface area (Å²) in [7, 11) is 0.907. The van der Waals surface area contributed by atoms with Crippen molar-refractivity contribution in [3.8, 4) is 23.3 Å². The molecule has 0 fully saturated rings. The fourth-order valence-electron chi connectivity index (χ4n) is 2.62. The third-order valence-electron chi connectivity index (χ3n) is 4.19. The first-order valence-electron chi connectivity index (χ1n) is 8.90. The number of rotatable bonds is 9. The SMILES string of the molecule is CCN(CC)C(=O)COc1cc(C#N)ccc1Oc1ccc([B]O)c(CO)c1. The van der Waals surface area contributed by atoms with Crippen LogP contribution in [0.5, 0.6) is 17.2 Å². The van der Waals surface area contributed by atoms with Crippen LogP contribution < -0.4 is 14.9 Å². The Bertz CT molecular complexity index is 862. The van der Waals surface area contributed by atoms with Gasteiger partial charge < -0.3 is 24.5 Å². The second kappa shape index (κ2) is 10.4. The number of hydrogen-bond donors (Lipinski definition) is 2. The number of benzene rings is 2. The van der Waals surface area contributed by atoms with Crippen molar-refractivity contribution in [2.45, 2.75) is 20.5 Å². The van der Waals surface area contributed by atoms with Gasteiger partial charge in [-0.05, 0) is 49.1 Å². The lowest BCUT2D eigenvalue weighted by atomic mass is 9.84. The van der Waals surface area contributed by atoms with Crippen molar-refractivity contribution in [3.05, 3.63) is 47.5 Å².